The fourth-order valence-electron chi connectivity index (χ4n) is 1.71. The van der Waals surface area contributed by atoms with E-state index in [1.54, 1.807) is 0 Å². The first-order chi connectivity index (χ1) is 7.31. The zero-order chi connectivity index (χ0) is 11.1. The van der Waals surface area contributed by atoms with Crippen molar-refractivity contribution < 1.29 is 0 Å². The van der Waals surface area contributed by atoms with Crippen LogP contribution in [0.25, 0.3) is 0 Å². The van der Waals surface area contributed by atoms with Gasteiger partial charge in [-0.05, 0) is 25.0 Å². The van der Waals surface area contributed by atoms with Crippen LogP contribution in [-0.2, 0) is 0 Å². The summed E-state index contributed by atoms with van der Waals surface area (Å²) in [6, 6.07) is 8.76. The van der Waals surface area contributed by atoms with Crippen LogP contribution in [-0.4, -0.2) is 32.4 Å². The Kier molecular flexibility index (Phi) is 6.45. The molecule has 0 N–H and O–H groups in total. The predicted molar refractivity (Wildman–Crippen MR) is 70.5 cm³/mol. The molecule has 0 radical (unpaired) electrons. The van der Waals surface area contributed by atoms with E-state index in [1.807, 2.05) is 0 Å². The molecule has 15 heavy (non-hydrogen) atoms. The molecule has 0 saturated heterocycles. The van der Waals surface area contributed by atoms with Gasteiger partial charge in [-0.25, -0.2) is 0 Å². The molecule has 3 heteroatoms. The number of benzene rings is 1. The van der Waals surface area contributed by atoms with Crippen molar-refractivity contribution in [2.75, 3.05) is 18.0 Å². The topological polar surface area (TPSA) is 3.24 Å². The Labute approximate surface area is 106 Å². The van der Waals surface area contributed by atoms with Crippen molar-refractivity contribution in [3.8, 4) is 0 Å². The van der Waals surface area contributed by atoms with E-state index in [-0.39, 0.29) is 0 Å². The molecule has 1 rings (SSSR count). The molecule has 0 spiro atoms. The number of hydrogen-bond acceptors (Lipinski definition) is 1. The standard InChI is InChI=1S/C12H18N.ClH.Mg/c1-3-10-13(11-4-2)12-8-6-5-7-9-12;;/h6-9H,3-4,10-11H2,1-2H3;1H;/q;;+1/p-1. The number of hydrogen-bond donors (Lipinski definition) is 0. The van der Waals surface area contributed by atoms with Crippen molar-refractivity contribution in [3.05, 3.63) is 24.3 Å². The van der Waals surface area contributed by atoms with E-state index in [1.165, 1.54) is 22.2 Å². The molecular weight excluding hydrogens is 218 g/mol. The fraction of sp³-hybridized carbons (Fsp3) is 0.500. The van der Waals surface area contributed by atoms with Crippen molar-refractivity contribution in [2.45, 2.75) is 26.7 Å². The summed E-state index contributed by atoms with van der Waals surface area (Å²) in [6.07, 6.45) is 2.40. The Bertz CT molecular complexity index is 267. The van der Waals surface area contributed by atoms with Crippen molar-refractivity contribution in [1.29, 1.82) is 0 Å². The highest BCUT2D eigenvalue weighted by atomic mass is 35.5. The zero-order valence-corrected chi connectivity index (χ0v) is 11.8. The molecule has 1 aromatic carbocycles. The third-order valence-electron chi connectivity index (χ3n) is 2.44. The zero-order valence-electron chi connectivity index (χ0n) is 9.67. The maximum absolute atomic E-state index is 5.91. The normalized spacial score (nSPS) is 9.80. The van der Waals surface area contributed by atoms with Gasteiger partial charge in [0.05, 0.1) is 0 Å². The summed E-state index contributed by atoms with van der Waals surface area (Å²) >= 11 is -0.519. The Hall–Kier alpha value is 0.0762. The second-order valence-corrected chi connectivity index (χ2v) is 5.67. The Morgan fingerprint density at radius 2 is 1.60 bits per heavy atom. The van der Waals surface area contributed by atoms with Crippen molar-refractivity contribution in [1.82, 2.24) is 0 Å². The van der Waals surface area contributed by atoms with Gasteiger partial charge in [-0.1, -0.05) is 26.0 Å². The summed E-state index contributed by atoms with van der Waals surface area (Å²) in [6.45, 7) is 6.74. The maximum atomic E-state index is 5.91. The molecule has 80 valence electrons. The monoisotopic (exact) mass is 235 g/mol. The van der Waals surface area contributed by atoms with Crippen LogP contribution in [0, 0.1) is 0 Å². The summed E-state index contributed by atoms with van der Waals surface area (Å²) in [5, 5.41) is 0. The van der Waals surface area contributed by atoms with Gasteiger partial charge in [0.2, 0.25) is 0 Å². The minimum Gasteiger partial charge on any atom is -0.372 e. The predicted octanol–water partition coefficient (Wildman–Crippen LogP) is 2.80. The molecule has 0 unspecified atom stereocenters. The number of rotatable bonds is 6. The fourth-order valence-corrected chi connectivity index (χ4v) is 2.65. The first-order valence-corrected chi connectivity index (χ1v) is 8.56. The summed E-state index contributed by atoms with van der Waals surface area (Å²) in [5.74, 6) is 0. The Morgan fingerprint density at radius 1 is 1.07 bits per heavy atom. The van der Waals surface area contributed by atoms with E-state index in [4.69, 9.17) is 9.07 Å². The van der Waals surface area contributed by atoms with Gasteiger partial charge in [0.1, 0.15) is 0 Å². The first kappa shape index (κ1) is 13.1. The van der Waals surface area contributed by atoms with Crippen molar-refractivity contribution in [2.24, 2.45) is 0 Å². The van der Waals surface area contributed by atoms with Crippen LogP contribution < -0.4 is 8.59 Å². The lowest BCUT2D eigenvalue weighted by Crippen LogP contribution is -2.25. The van der Waals surface area contributed by atoms with Gasteiger partial charge in [-0.2, -0.15) is 0 Å². The average Bonchev–Trinajstić information content (AvgIpc) is 2.29. The van der Waals surface area contributed by atoms with Gasteiger partial charge in [0, 0.05) is 18.8 Å². The quantitative estimate of drug-likeness (QED) is 0.686. The molecule has 0 atom stereocenters. The van der Waals surface area contributed by atoms with Crippen LogP contribution in [0.15, 0.2) is 24.3 Å². The number of nitrogens with zero attached hydrogens (tertiary/aromatic N) is 1. The largest absolute Gasteiger partial charge is 0.538 e. The molecule has 1 nitrogen and oxygen atoms in total. The van der Waals surface area contributed by atoms with Crippen LogP contribution in [0.3, 0.4) is 0 Å². The van der Waals surface area contributed by atoms with E-state index in [0.29, 0.717) is 0 Å². The van der Waals surface area contributed by atoms with Crippen LogP contribution in [0.4, 0.5) is 5.69 Å². The summed E-state index contributed by atoms with van der Waals surface area (Å²) in [7, 11) is 5.91. The minimum atomic E-state index is -0.519. The molecule has 1 aromatic rings. The van der Waals surface area contributed by atoms with Gasteiger partial charge in [0.15, 0.2) is 0 Å². The van der Waals surface area contributed by atoms with Gasteiger partial charge in [-0.3, -0.25) is 0 Å². The van der Waals surface area contributed by atoms with Gasteiger partial charge < -0.3 is 14.0 Å². The third-order valence-corrected chi connectivity index (χ3v) is 4.15. The van der Waals surface area contributed by atoms with Crippen LogP contribution >= 0.6 is 9.07 Å². The molecule has 0 aliphatic carbocycles. The Morgan fingerprint density at radius 3 is 2.00 bits per heavy atom. The number of halogens is 1. The highest BCUT2D eigenvalue weighted by Crippen LogP contribution is 2.13. The van der Waals surface area contributed by atoms with Gasteiger partial charge in [-0.15, -0.1) is 3.69 Å². The molecule has 0 saturated carbocycles. The molecule has 0 aliphatic rings. The Balaban J connectivity index is 2.72. The molecule has 0 fully saturated rings. The van der Waals surface area contributed by atoms with E-state index in [0.717, 1.165) is 13.1 Å². The summed E-state index contributed by atoms with van der Waals surface area (Å²) in [4.78, 5) is 2.44. The molecule has 0 bridgehead atoms. The molecular formula is C12H18ClMgN. The van der Waals surface area contributed by atoms with Crippen LogP contribution in [0.1, 0.15) is 26.7 Å². The molecule has 0 aromatic heterocycles. The summed E-state index contributed by atoms with van der Waals surface area (Å²) in [5.41, 5.74) is 1.33. The highest BCUT2D eigenvalue weighted by Gasteiger charge is 2.04. The second kappa shape index (κ2) is 7.37. The third kappa shape index (κ3) is 4.21. The van der Waals surface area contributed by atoms with Gasteiger partial charge >= 0.3 is 19.3 Å². The smallest absolute Gasteiger partial charge is 0.372 e. The lowest BCUT2D eigenvalue weighted by molar-refractivity contribution is 0.745. The maximum Gasteiger partial charge on any atom is 0.538 e. The van der Waals surface area contributed by atoms with Crippen molar-refractivity contribution >= 4 is 37.7 Å². The molecule has 0 amide bonds. The molecule has 0 heterocycles. The second-order valence-electron chi connectivity index (χ2n) is 3.79. The average molecular weight is 236 g/mol. The minimum absolute atomic E-state index is 0.519. The van der Waals surface area contributed by atoms with E-state index in [9.17, 15) is 0 Å². The SMILES string of the molecule is CCCN(CCC)c1cc[c]([Mg][Cl])cc1. The lowest BCUT2D eigenvalue weighted by atomic mass is 10.2. The first-order valence-electron chi connectivity index (χ1n) is 5.71. The van der Waals surface area contributed by atoms with E-state index < -0.39 is 19.3 Å². The van der Waals surface area contributed by atoms with E-state index in [2.05, 4.69) is 43.0 Å². The van der Waals surface area contributed by atoms with Crippen LogP contribution in [0.2, 0.25) is 0 Å². The van der Waals surface area contributed by atoms with Gasteiger partial charge in [0.25, 0.3) is 0 Å². The van der Waals surface area contributed by atoms with Crippen LogP contribution in [0.5, 0.6) is 0 Å². The lowest BCUT2D eigenvalue weighted by Gasteiger charge is -2.23. The summed E-state index contributed by atoms with van der Waals surface area (Å²) < 4.78 is 1.33. The van der Waals surface area contributed by atoms with E-state index >= 15 is 0 Å². The van der Waals surface area contributed by atoms with Crippen molar-refractivity contribution in [3.63, 3.8) is 0 Å². The highest BCUT2D eigenvalue weighted by molar-refractivity contribution is 7.01. The number of anilines is 1. The molecule has 0 aliphatic heterocycles.